The summed E-state index contributed by atoms with van der Waals surface area (Å²) in [5, 5.41) is 9.44. The number of hydrogen-bond donors (Lipinski definition) is 0. The van der Waals surface area contributed by atoms with Gasteiger partial charge in [0.25, 0.3) is 0 Å². The first kappa shape index (κ1) is 18.4. The second kappa shape index (κ2) is 10.2. The molecule has 0 radical (unpaired) electrons. The fourth-order valence-corrected chi connectivity index (χ4v) is 2.06. The summed E-state index contributed by atoms with van der Waals surface area (Å²) < 4.78 is 9.81. The maximum Gasteiger partial charge on any atom is 0.307 e. The van der Waals surface area contributed by atoms with Gasteiger partial charge in [0.05, 0.1) is 37.5 Å². The highest BCUT2D eigenvalue weighted by Crippen LogP contribution is 2.33. The molecule has 0 saturated carbocycles. The maximum absolute atomic E-state index is 11.7. The van der Waals surface area contributed by atoms with Gasteiger partial charge >= 0.3 is 11.9 Å². The van der Waals surface area contributed by atoms with Crippen molar-refractivity contribution in [1.82, 2.24) is 0 Å². The first-order valence-electron chi connectivity index (χ1n) is 7.26. The second-order valence-electron chi connectivity index (χ2n) is 4.81. The van der Waals surface area contributed by atoms with E-state index in [1.807, 2.05) is 0 Å². The Bertz CT molecular complexity index is 326. The van der Waals surface area contributed by atoms with Gasteiger partial charge in [-0.25, -0.2) is 0 Å². The monoisotopic (exact) mass is 283 g/mol. The number of carbonyl (C=O) groups excluding carboxylic acids is 2. The first-order valence-corrected chi connectivity index (χ1v) is 7.26. The molecule has 114 valence electrons. The van der Waals surface area contributed by atoms with Crippen molar-refractivity contribution in [2.75, 3.05) is 13.2 Å². The standard InChI is InChI=1S/C15H25NO4/c1-4-7-8-9-15(12-16,10-13(17)19-5-2)11-14(18)20-6-3/h4-11H2,1-3H3. The van der Waals surface area contributed by atoms with Crippen molar-refractivity contribution in [2.24, 2.45) is 5.41 Å². The van der Waals surface area contributed by atoms with E-state index in [4.69, 9.17) is 9.47 Å². The third-order valence-corrected chi connectivity index (χ3v) is 3.07. The number of hydrogen-bond acceptors (Lipinski definition) is 5. The quantitative estimate of drug-likeness (QED) is 0.455. The molecule has 0 fully saturated rings. The summed E-state index contributed by atoms with van der Waals surface area (Å²) in [6, 6.07) is 2.15. The molecule has 0 bridgehead atoms. The second-order valence-corrected chi connectivity index (χ2v) is 4.81. The van der Waals surface area contributed by atoms with Crippen LogP contribution in [0.25, 0.3) is 0 Å². The van der Waals surface area contributed by atoms with Gasteiger partial charge < -0.3 is 9.47 Å². The molecular formula is C15H25NO4. The average molecular weight is 283 g/mol. The molecule has 0 unspecified atom stereocenters. The maximum atomic E-state index is 11.7. The third-order valence-electron chi connectivity index (χ3n) is 3.07. The topological polar surface area (TPSA) is 76.4 Å². The Morgan fingerprint density at radius 1 is 1.00 bits per heavy atom. The predicted octanol–water partition coefficient (Wildman–Crippen LogP) is 2.98. The van der Waals surface area contributed by atoms with Crippen molar-refractivity contribution >= 4 is 11.9 Å². The van der Waals surface area contributed by atoms with Gasteiger partial charge in [0, 0.05) is 0 Å². The lowest BCUT2D eigenvalue weighted by molar-refractivity contribution is -0.148. The Hall–Kier alpha value is -1.57. The molecule has 0 aliphatic heterocycles. The minimum absolute atomic E-state index is 0.0557. The van der Waals surface area contributed by atoms with Crippen LogP contribution in [0.15, 0.2) is 0 Å². The average Bonchev–Trinajstić information content (AvgIpc) is 2.39. The van der Waals surface area contributed by atoms with Crippen LogP contribution in [0.3, 0.4) is 0 Å². The van der Waals surface area contributed by atoms with E-state index in [9.17, 15) is 14.9 Å². The van der Waals surface area contributed by atoms with Crippen molar-refractivity contribution in [3.63, 3.8) is 0 Å². The molecule has 5 nitrogen and oxygen atoms in total. The summed E-state index contributed by atoms with van der Waals surface area (Å²) in [4.78, 5) is 23.3. The molecule has 0 aromatic heterocycles. The van der Waals surface area contributed by atoms with Crippen LogP contribution in [0, 0.1) is 16.7 Å². The number of unbranched alkanes of at least 4 members (excludes halogenated alkanes) is 2. The zero-order chi connectivity index (χ0) is 15.4. The third kappa shape index (κ3) is 7.13. The minimum atomic E-state index is -1.01. The van der Waals surface area contributed by atoms with E-state index in [0.717, 1.165) is 19.3 Å². The molecule has 0 N–H and O–H groups in total. The van der Waals surface area contributed by atoms with Crippen LogP contribution in [0.2, 0.25) is 0 Å². The molecule has 0 spiro atoms. The van der Waals surface area contributed by atoms with Gasteiger partial charge in [0.15, 0.2) is 0 Å². The molecule has 0 rings (SSSR count). The molecule has 0 aromatic carbocycles. The molecule has 0 saturated heterocycles. The molecule has 20 heavy (non-hydrogen) atoms. The lowest BCUT2D eigenvalue weighted by Crippen LogP contribution is -2.28. The Balaban J connectivity index is 4.82. The largest absolute Gasteiger partial charge is 0.466 e. The van der Waals surface area contributed by atoms with E-state index >= 15 is 0 Å². The number of nitriles is 1. The number of nitrogens with zero attached hydrogens (tertiary/aromatic N) is 1. The van der Waals surface area contributed by atoms with E-state index in [1.165, 1.54) is 0 Å². The Morgan fingerprint density at radius 2 is 1.50 bits per heavy atom. The minimum Gasteiger partial charge on any atom is -0.466 e. The van der Waals surface area contributed by atoms with E-state index in [2.05, 4.69) is 13.0 Å². The highest BCUT2D eigenvalue weighted by molar-refractivity contribution is 5.75. The van der Waals surface area contributed by atoms with Crippen LogP contribution >= 0.6 is 0 Å². The summed E-state index contributed by atoms with van der Waals surface area (Å²) in [6.07, 6.45) is 3.19. The molecular weight excluding hydrogens is 258 g/mol. The highest BCUT2D eigenvalue weighted by atomic mass is 16.5. The van der Waals surface area contributed by atoms with Crippen LogP contribution in [0.5, 0.6) is 0 Å². The zero-order valence-corrected chi connectivity index (χ0v) is 12.7. The fourth-order valence-electron chi connectivity index (χ4n) is 2.06. The number of ether oxygens (including phenoxy) is 2. The van der Waals surface area contributed by atoms with Gasteiger partial charge in [0.1, 0.15) is 0 Å². The van der Waals surface area contributed by atoms with Crippen molar-refractivity contribution in [2.45, 2.75) is 59.3 Å². The van der Waals surface area contributed by atoms with Crippen molar-refractivity contribution < 1.29 is 19.1 Å². The van der Waals surface area contributed by atoms with Gasteiger partial charge in [-0.05, 0) is 20.3 Å². The van der Waals surface area contributed by atoms with Crippen LogP contribution in [-0.2, 0) is 19.1 Å². The SMILES string of the molecule is CCCCCC(C#N)(CC(=O)OCC)CC(=O)OCC. The number of carbonyl (C=O) groups is 2. The number of esters is 2. The summed E-state index contributed by atoms with van der Waals surface area (Å²) >= 11 is 0. The Morgan fingerprint density at radius 3 is 1.85 bits per heavy atom. The molecule has 0 amide bonds. The van der Waals surface area contributed by atoms with Crippen LogP contribution < -0.4 is 0 Å². The summed E-state index contributed by atoms with van der Waals surface area (Å²) in [6.45, 7) is 6.04. The van der Waals surface area contributed by atoms with Gasteiger partial charge in [-0.2, -0.15) is 5.26 Å². The van der Waals surface area contributed by atoms with E-state index in [-0.39, 0.29) is 26.1 Å². The lowest BCUT2D eigenvalue weighted by atomic mass is 9.78. The van der Waals surface area contributed by atoms with Crippen molar-refractivity contribution in [3.05, 3.63) is 0 Å². The Kier molecular flexibility index (Phi) is 9.44. The molecule has 0 aliphatic carbocycles. The Labute approximate surface area is 121 Å². The fraction of sp³-hybridized carbons (Fsp3) is 0.800. The zero-order valence-electron chi connectivity index (χ0n) is 12.7. The van der Waals surface area contributed by atoms with E-state index < -0.39 is 17.4 Å². The first-order chi connectivity index (χ1) is 9.53. The normalized spacial score (nSPS) is 10.7. The number of rotatable bonds is 10. The smallest absolute Gasteiger partial charge is 0.307 e. The van der Waals surface area contributed by atoms with Crippen molar-refractivity contribution in [1.29, 1.82) is 5.26 Å². The molecule has 5 heteroatoms. The van der Waals surface area contributed by atoms with Crippen LogP contribution in [0.4, 0.5) is 0 Å². The van der Waals surface area contributed by atoms with Gasteiger partial charge in [0.2, 0.25) is 0 Å². The summed E-state index contributed by atoms with van der Waals surface area (Å²) in [5.41, 5.74) is -1.01. The lowest BCUT2D eigenvalue weighted by Gasteiger charge is -2.24. The van der Waals surface area contributed by atoms with Crippen LogP contribution in [0.1, 0.15) is 59.3 Å². The van der Waals surface area contributed by atoms with Crippen molar-refractivity contribution in [3.8, 4) is 6.07 Å². The van der Waals surface area contributed by atoms with Gasteiger partial charge in [-0.3, -0.25) is 9.59 Å². The summed E-state index contributed by atoms with van der Waals surface area (Å²) in [7, 11) is 0. The van der Waals surface area contributed by atoms with E-state index in [1.54, 1.807) is 13.8 Å². The van der Waals surface area contributed by atoms with E-state index in [0.29, 0.717) is 6.42 Å². The molecule has 0 aromatic rings. The molecule has 0 atom stereocenters. The summed E-state index contributed by atoms with van der Waals surface area (Å²) in [5.74, 6) is -0.871. The predicted molar refractivity (Wildman–Crippen MR) is 74.7 cm³/mol. The molecule has 0 aliphatic rings. The molecule has 0 heterocycles. The van der Waals surface area contributed by atoms with Crippen LogP contribution in [-0.4, -0.2) is 25.2 Å². The van der Waals surface area contributed by atoms with Gasteiger partial charge in [-0.1, -0.05) is 26.2 Å². The van der Waals surface area contributed by atoms with Gasteiger partial charge in [-0.15, -0.1) is 0 Å². The highest BCUT2D eigenvalue weighted by Gasteiger charge is 2.36.